The summed E-state index contributed by atoms with van der Waals surface area (Å²) in [5, 5.41) is 4.81. The molecule has 0 aliphatic rings. The van der Waals surface area contributed by atoms with Crippen molar-refractivity contribution in [2.24, 2.45) is 5.10 Å². The highest BCUT2D eigenvalue weighted by atomic mass is 35.5. The summed E-state index contributed by atoms with van der Waals surface area (Å²) in [5.74, 6) is 0.489. The van der Waals surface area contributed by atoms with Gasteiger partial charge in [0.15, 0.2) is 0 Å². The predicted molar refractivity (Wildman–Crippen MR) is 141 cm³/mol. The molecule has 0 spiro atoms. The molecule has 8 nitrogen and oxygen atoms in total. The summed E-state index contributed by atoms with van der Waals surface area (Å²) < 4.78 is 38.5. The lowest BCUT2D eigenvalue weighted by Gasteiger charge is -2.11. The lowest BCUT2D eigenvalue weighted by molar-refractivity contribution is 0.0950. The van der Waals surface area contributed by atoms with Crippen molar-refractivity contribution in [2.45, 2.75) is 25.0 Å². The van der Waals surface area contributed by atoms with E-state index in [1.807, 2.05) is 12.1 Å². The number of furan rings is 1. The minimum Gasteiger partial charge on any atom is -0.488 e. The van der Waals surface area contributed by atoms with Crippen LogP contribution in [0.15, 0.2) is 106 Å². The van der Waals surface area contributed by atoms with E-state index in [2.05, 4.69) is 15.2 Å². The molecule has 4 rings (SSSR count). The number of carbonyl (C=O) groups is 1. The zero-order chi connectivity index (χ0) is 26.3. The largest absolute Gasteiger partial charge is 0.488 e. The molecule has 4 aromatic rings. The summed E-state index contributed by atoms with van der Waals surface area (Å²) in [6, 6.07) is 23.7. The van der Waals surface area contributed by atoms with Crippen molar-refractivity contribution >= 4 is 33.2 Å². The Morgan fingerprint density at radius 1 is 0.973 bits per heavy atom. The molecule has 1 amide bonds. The number of nitrogens with zero attached hydrogens (tertiary/aromatic N) is 1. The number of carbonyl (C=O) groups excluding carboxylic acids is 1. The monoisotopic (exact) mass is 537 g/mol. The van der Waals surface area contributed by atoms with Crippen LogP contribution in [0.3, 0.4) is 0 Å². The number of nitrogens with one attached hydrogen (secondary N) is 2. The SMILES string of the molecule is C/C(=N\NC(=O)c1ccccc1OCc1ccc(Cl)cc1)c1ccc(S(=O)(=O)NCc2ccco2)cc1. The Kier molecular flexibility index (Phi) is 8.39. The van der Waals surface area contributed by atoms with Crippen LogP contribution < -0.4 is 14.9 Å². The normalized spacial score (nSPS) is 11.8. The van der Waals surface area contributed by atoms with E-state index in [0.717, 1.165) is 5.56 Å². The topological polar surface area (TPSA) is 110 Å². The smallest absolute Gasteiger partial charge is 0.275 e. The van der Waals surface area contributed by atoms with Crippen LogP contribution in [0.5, 0.6) is 5.75 Å². The summed E-state index contributed by atoms with van der Waals surface area (Å²) >= 11 is 5.92. The van der Waals surface area contributed by atoms with Gasteiger partial charge >= 0.3 is 0 Å². The molecule has 2 N–H and O–H groups in total. The van der Waals surface area contributed by atoms with Gasteiger partial charge in [0, 0.05) is 5.02 Å². The number of hydrogen-bond donors (Lipinski definition) is 2. The van der Waals surface area contributed by atoms with Crippen LogP contribution in [0.2, 0.25) is 5.02 Å². The number of benzene rings is 3. The summed E-state index contributed by atoms with van der Waals surface area (Å²) in [7, 11) is -3.71. The van der Waals surface area contributed by atoms with Gasteiger partial charge in [-0.3, -0.25) is 4.79 Å². The number of rotatable bonds is 10. The summed E-state index contributed by atoms with van der Waals surface area (Å²) in [4.78, 5) is 12.9. The van der Waals surface area contributed by atoms with E-state index >= 15 is 0 Å². The highest BCUT2D eigenvalue weighted by Crippen LogP contribution is 2.20. The van der Waals surface area contributed by atoms with Crippen LogP contribution in [0.1, 0.15) is 34.2 Å². The maximum Gasteiger partial charge on any atom is 0.275 e. The molecule has 0 aliphatic heterocycles. The highest BCUT2D eigenvalue weighted by Gasteiger charge is 2.15. The Labute approximate surface area is 220 Å². The molecular weight excluding hydrogens is 514 g/mol. The van der Waals surface area contributed by atoms with E-state index in [9.17, 15) is 13.2 Å². The van der Waals surface area contributed by atoms with Crippen LogP contribution in [-0.2, 0) is 23.2 Å². The third kappa shape index (κ3) is 7.07. The first kappa shape index (κ1) is 26.2. The quantitative estimate of drug-likeness (QED) is 0.215. The van der Waals surface area contributed by atoms with Gasteiger partial charge in [0.05, 0.1) is 29.0 Å². The van der Waals surface area contributed by atoms with Crippen LogP contribution >= 0.6 is 11.6 Å². The number of para-hydroxylation sites is 1. The molecule has 0 atom stereocenters. The van der Waals surface area contributed by atoms with Gasteiger partial charge in [0.2, 0.25) is 10.0 Å². The minimum atomic E-state index is -3.71. The summed E-state index contributed by atoms with van der Waals surface area (Å²) in [6.45, 7) is 2.03. The van der Waals surface area contributed by atoms with Crippen LogP contribution in [0.25, 0.3) is 0 Å². The average molecular weight is 538 g/mol. The molecule has 0 fully saturated rings. The molecule has 0 saturated carbocycles. The Bertz CT molecular complexity index is 1480. The Morgan fingerprint density at radius 2 is 1.70 bits per heavy atom. The maximum atomic E-state index is 12.8. The molecule has 190 valence electrons. The van der Waals surface area contributed by atoms with Gasteiger partial charge in [0.25, 0.3) is 5.91 Å². The van der Waals surface area contributed by atoms with E-state index < -0.39 is 15.9 Å². The molecule has 0 bridgehead atoms. The Balaban J connectivity index is 1.38. The van der Waals surface area contributed by atoms with Crippen LogP contribution in [0.4, 0.5) is 0 Å². The van der Waals surface area contributed by atoms with Gasteiger partial charge in [0.1, 0.15) is 18.1 Å². The fourth-order valence-corrected chi connectivity index (χ4v) is 4.44. The minimum absolute atomic E-state index is 0.0501. The van der Waals surface area contributed by atoms with E-state index in [1.165, 1.54) is 18.4 Å². The average Bonchev–Trinajstić information content (AvgIpc) is 3.44. The van der Waals surface area contributed by atoms with Gasteiger partial charge in [-0.2, -0.15) is 5.10 Å². The molecular formula is C27H24ClN3O5S. The van der Waals surface area contributed by atoms with E-state index in [4.69, 9.17) is 20.8 Å². The first-order chi connectivity index (χ1) is 17.8. The predicted octanol–water partition coefficient (Wildman–Crippen LogP) is 5.14. The second-order valence-electron chi connectivity index (χ2n) is 7.98. The third-order valence-electron chi connectivity index (χ3n) is 5.36. The first-order valence-corrected chi connectivity index (χ1v) is 13.1. The number of sulfonamides is 1. The van der Waals surface area contributed by atoms with Crippen molar-refractivity contribution in [3.05, 3.63) is 119 Å². The molecule has 1 aromatic heterocycles. The van der Waals surface area contributed by atoms with Crippen molar-refractivity contribution < 1.29 is 22.4 Å². The van der Waals surface area contributed by atoms with E-state index in [0.29, 0.717) is 33.4 Å². The molecule has 0 unspecified atom stereocenters. The van der Waals surface area contributed by atoms with Crippen LogP contribution in [-0.4, -0.2) is 20.0 Å². The third-order valence-corrected chi connectivity index (χ3v) is 7.03. The lowest BCUT2D eigenvalue weighted by Crippen LogP contribution is -2.23. The second kappa shape index (κ2) is 11.9. The molecule has 0 radical (unpaired) electrons. The van der Waals surface area contributed by atoms with Gasteiger partial charge in [-0.15, -0.1) is 0 Å². The summed E-state index contributed by atoms with van der Waals surface area (Å²) in [5.41, 5.74) is 4.93. The van der Waals surface area contributed by atoms with E-state index in [1.54, 1.807) is 67.6 Å². The van der Waals surface area contributed by atoms with Crippen molar-refractivity contribution in [3.63, 3.8) is 0 Å². The maximum absolute atomic E-state index is 12.8. The lowest BCUT2D eigenvalue weighted by atomic mass is 10.1. The number of amides is 1. The van der Waals surface area contributed by atoms with Gasteiger partial charge < -0.3 is 9.15 Å². The molecule has 0 aliphatic carbocycles. The second-order valence-corrected chi connectivity index (χ2v) is 10.2. The number of ether oxygens (including phenoxy) is 1. The standard InChI is InChI=1S/C27H24ClN3O5S/c1-19(21-10-14-24(15-11-21)37(33,34)29-17-23-5-4-16-35-23)30-31-27(32)25-6-2-3-7-26(25)36-18-20-8-12-22(28)13-9-20/h2-16,29H,17-18H2,1H3,(H,31,32)/b30-19+. The Morgan fingerprint density at radius 3 is 2.41 bits per heavy atom. The fraction of sp³-hybridized carbons (Fsp3) is 0.111. The van der Waals surface area contributed by atoms with Gasteiger partial charge in [-0.1, -0.05) is 48.0 Å². The molecule has 0 saturated heterocycles. The van der Waals surface area contributed by atoms with E-state index in [-0.39, 0.29) is 18.0 Å². The van der Waals surface area contributed by atoms with Crippen molar-refractivity contribution in [1.29, 1.82) is 0 Å². The zero-order valence-electron chi connectivity index (χ0n) is 19.8. The van der Waals surface area contributed by atoms with Gasteiger partial charge in [-0.25, -0.2) is 18.6 Å². The Hall–Kier alpha value is -3.92. The highest BCUT2D eigenvalue weighted by molar-refractivity contribution is 7.89. The molecule has 3 aromatic carbocycles. The van der Waals surface area contributed by atoms with Crippen molar-refractivity contribution in [2.75, 3.05) is 0 Å². The number of hydrazone groups is 1. The number of hydrogen-bond acceptors (Lipinski definition) is 6. The summed E-state index contributed by atoms with van der Waals surface area (Å²) in [6.07, 6.45) is 1.48. The number of halogens is 1. The zero-order valence-corrected chi connectivity index (χ0v) is 21.4. The van der Waals surface area contributed by atoms with Crippen molar-refractivity contribution in [1.82, 2.24) is 10.1 Å². The molecule has 1 heterocycles. The molecule has 37 heavy (non-hydrogen) atoms. The van der Waals surface area contributed by atoms with Crippen molar-refractivity contribution in [3.8, 4) is 5.75 Å². The fourth-order valence-electron chi connectivity index (χ4n) is 3.32. The van der Waals surface area contributed by atoms with Gasteiger partial charge in [-0.05, 0) is 66.6 Å². The van der Waals surface area contributed by atoms with Crippen LogP contribution in [0, 0.1) is 0 Å². The molecule has 10 heteroatoms. The first-order valence-electron chi connectivity index (χ1n) is 11.3.